The van der Waals surface area contributed by atoms with Gasteiger partial charge in [0.25, 0.3) is 0 Å². The molecule has 92 valence electrons. The largest absolute Gasteiger partial charge is 0.380 e. The molecule has 1 aromatic heterocycles. The van der Waals surface area contributed by atoms with Gasteiger partial charge in [0.15, 0.2) is 0 Å². The van der Waals surface area contributed by atoms with E-state index in [1.165, 1.54) is 24.0 Å². The average Bonchev–Trinajstić information content (AvgIpc) is 3.23. The van der Waals surface area contributed by atoms with Crippen molar-refractivity contribution in [2.75, 3.05) is 5.32 Å². The third-order valence-corrected chi connectivity index (χ3v) is 3.75. The molecule has 2 aromatic rings. The van der Waals surface area contributed by atoms with Crippen molar-refractivity contribution in [2.45, 2.75) is 25.3 Å². The summed E-state index contributed by atoms with van der Waals surface area (Å²) in [5.41, 5.74) is 3.97. The Kier molecular flexibility index (Phi) is 3.33. The summed E-state index contributed by atoms with van der Waals surface area (Å²) < 4.78 is 0.867. The lowest BCUT2D eigenvalue weighted by molar-refractivity contribution is 1.03. The summed E-state index contributed by atoms with van der Waals surface area (Å²) in [6.07, 6.45) is 4.54. The molecule has 1 N–H and O–H groups in total. The van der Waals surface area contributed by atoms with Crippen LogP contribution in [0.3, 0.4) is 0 Å². The fourth-order valence-electron chi connectivity index (χ4n) is 2.17. The SMILES string of the molecule is Brc1ccc(NCc2ccccc2C2CC2)cn1. The summed E-state index contributed by atoms with van der Waals surface area (Å²) >= 11 is 3.34. The highest BCUT2D eigenvalue weighted by atomic mass is 79.9. The number of nitrogens with zero attached hydrogens (tertiary/aromatic N) is 1. The normalized spacial score (nSPS) is 14.5. The first-order chi connectivity index (χ1) is 8.83. The Morgan fingerprint density at radius 3 is 2.72 bits per heavy atom. The van der Waals surface area contributed by atoms with E-state index in [9.17, 15) is 0 Å². The van der Waals surface area contributed by atoms with Gasteiger partial charge in [-0.05, 0) is 57.9 Å². The van der Waals surface area contributed by atoms with Crippen molar-refractivity contribution in [3.8, 4) is 0 Å². The van der Waals surface area contributed by atoms with Crippen LogP contribution >= 0.6 is 15.9 Å². The molecule has 18 heavy (non-hydrogen) atoms. The zero-order valence-corrected chi connectivity index (χ0v) is 11.7. The van der Waals surface area contributed by atoms with Gasteiger partial charge in [0, 0.05) is 6.54 Å². The molecule has 0 atom stereocenters. The van der Waals surface area contributed by atoms with Crippen molar-refractivity contribution in [3.05, 3.63) is 58.3 Å². The standard InChI is InChI=1S/C15H15BrN2/c16-15-8-7-13(10-18-15)17-9-12-3-1-2-4-14(12)11-5-6-11/h1-4,7-8,10-11,17H,5-6,9H2. The van der Waals surface area contributed by atoms with E-state index in [-0.39, 0.29) is 0 Å². The number of nitrogens with one attached hydrogen (secondary N) is 1. The number of benzene rings is 1. The average molecular weight is 303 g/mol. The van der Waals surface area contributed by atoms with Gasteiger partial charge in [0.2, 0.25) is 0 Å². The number of hydrogen-bond acceptors (Lipinski definition) is 2. The molecule has 1 heterocycles. The number of rotatable bonds is 4. The summed E-state index contributed by atoms with van der Waals surface area (Å²) in [4.78, 5) is 4.22. The van der Waals surface area contributed by atoms with E-state index in [1.807, 2.05) is 18.3 Å². The lowest BCUT2D eigenvalue weighted by atomic mass is 10.0. The van der Waals surface area contributed by atoms with E-state index in [2.05, 4.69) is 50.5 Å². The molecule has 0 radical (unpaired) electrons. The molecule has 1 saturated carbocycles. The summed E-state index contributed by atoms with van der Waals surface area (Å²) in [6.45, 7) is 0.871. The minimum Gasteiger partial charge on any atom is -0.380 e. The molecule has 1 aliphatic carbocycles. The number of aromatic nitrogens is 1. The van der Waals surface area contributed by atoms with E-state index in [0.29, 0.717) is 0 Å². The Hall–Kier alpha value is -1.35. The van der Waals surface area contributed by atoms with Crippen LogP contribution < -0.4 is 5.32 Å². The van der Waals surface area contributed by atoms with Crippen LogP contribution in [0.4, 0.5) is 5.69 Å². The zero-order valence-electron chi connectivity index (χ0n) is 10.1. The van der Waals surface area contributed by atoms with Crippen molar-refractivity contribution in [2.24, 2.45) is 0 Å². The van der Waals surface area contributed by atoms with Crippen LogP contribution in [0, 0.1) is 0 Å². The van der Waals surface area contributed by atoms with E-state index in [0.717, 1.165) is 22.8 Å². The maximum atomic E-state index is 4.22. The van der Waals surface area contributed by atoms with Crippen LogP contribution in [0.2, 0.25) is 0 Å². The van der Waals surface area contributed by atoms with Gasteiger partial charge in [-0.15, -0.1) is 0 Å². The van der Waals surface area contributed by atoms with E-state index in [1.54, 1.807) is 0 Å². The molecule has 0 saturated heterocycles. The van der Waals surface area contributed by atoms with Crippen molar-refractivity contribution in [3.63, 3.8) is 0 Å². The van der Waals surface area contributed by atoms with E-state index in [4.69, 9.17) is 0 Å². The maximum Gasteiger partial charge on any atom is 0.106 e. The first-order valence-corrected chi connectivity index (χ1v) is 7.05. The van der Waals surface area contributed by atoms with Gasteiger partial charge < -0.3 is 5.32 Å². The third-order valence-electron chi connectivity index (χ3n) is 3.28. The fraction of sp³-hybridized carbons (Fsp3) is 0.267. The van der Waals surface area contributed by atoms with Crippen LogP contribution in [0.15, 0.2) is 47.2 Å². The predicted molar refractivity (Wildman–Crippen MR) is 77.7 cm³/mol. The molecule has 0 amide bonds. The van der Waals surface area contributed by atoms with Crippen LogP contribution in [0.5, 0.6) is 0 Å². The predicted octanol–water partition coefficient (Wildman–Crippen LogP) is 4.33. The second-order valence-corrected chi connectivity index (χ2v) is 5.51. The van der Waals surface area contributed by atoms with Crippen molar-refractivity contribution >= 4 is 21.6 Å². The van der Waals surface area contributed by atoms with Gasteiger partial charge in [-0.3, -0.25) is 0 Å². The van der Waals surface area contributed by atoms with Gasteiger partial charge in [0.1, 0.15) is 4.60 Å². The molecule has 1 aliphatic rings. The molecule has 1 fully saturated rings. The first-order valence-electron chi connectivity index (χ1n) is 6.26. The van der Waals surface area contributed by atoms with Crippen LogP contribution in [-0.4, -0.2) is 4.98 Å². The zero-order chi connectivity index (χ0) is 12.4. The molecule has 1 aromatic carbocycles. The lowest BCUT2D eigenvalue weighted by Crippen LogP contribution is -2.02. The molecule has 0 unspecified atom stereocenters. The van der Waals surface area contributed by atoms with Crippen molar-refractivity contribution < 1.29 is 0 Å². The summed E-state index contributed by atoms with van der Waals surface area (Å²) in [6, 6.07) is 12.7. The maximum absolute atomic E-state index is 4.22. The van der Waals surface area contributed by atoms with Crippen LogP contribution in [-0.2, 0) is 6.54 Å². The fourth-order valence-corrected chi connectivity index (χ4v) is 2.40. The lowest BCUT2D eigenvalue weighted by Gasteiger charge is -2.10. The van der Waals surface area contributed by atoms with Gasteiger partial charge in [-0.1, -0.05) is 24.3 Å². The second kappa shape index (κ2) is 5.11. The van der Waals surface area contributed by atoms with E-state index >= 15 is 0 Å². The highest BCUT2D eigenvalue weighted by Gasteiger charge is 2.25. The molecule has 2 nitrogen and oxygen atoms in total. The minimum atomic E-state index is 0.797. The van der Waals surface area contributed by atoms with Crippen molar-refractivity contribution in [1.29, 1.82) is 0 Å². The van der Waals surface area contributed by atoms with E-state index < -0.39 is 0 Å². The Morgan fingerprint density at radius 1 is 1.17 bits per heavy atom. The second-order valence-electron chi connectivity index (χ2n) is 4.70. The van der Waals surface area contributed by atoms with Gasteiger partial charge in [-0.25, -0.2) is 4.98 Å². The number of pyridine rings is 1. The molecular weight excluding hydrogens is 288 g/mol. The minimum absolute atomic E-state index is 0.797. The van der Waals surface area contributed by atoms with Crippen LogP contribution in [0.1, 0.15) is 29.9 Å². The molecule has 0 spiro atoms. The van der Waals surface area contributed by atoms with Crippen LogP contribution in [0.25, 0.3) is 0 Å². The summed E-state index contributed by atoms with van der Waals surface area (Å²) in [5, 5.41) is 3.43. The summed E-state index contributed by atoms with van der Waals surface area (Å²) in [5.74, 6) is 0.797. The van der Waals surface area contributed by atoms with Gasteiger partial charge in [0.05, 0.1) is 11.9 Å². The Bertz CT molecular complexity index is 532. The Labute approximate surface area is 116 Å². The summed E-state index contributed by atoms with van der Waals surface area (Å²) in [7, 11) is 0. The Balaban J connectivity index is 1.71. The highest BCUT2D eigenvalue weighted by Crippen LogP contribution is 2.41. The molecular formula is C15H15BrN2. The van der Waals surface area contributed by atoms with Gasteiger partial charge >= 0.3 is 0 Å². The smallest absolute Gasteiger partial charge is 0.106 e. The number of anilines is 1. The van der Waals surface area contributed by atoms with Gasteiger partial charge in [-0.2, -0.15) is 0 Å². The number of halogens is 1. The monoisotopic (exact) mass is 302 g/mol. The quantitative estimate of drug-likeness (QED) is 0.850. The molecule has 0 aliphatic heterocycles. The highest BCUT2D eigenvalue weighted by molar-refractivity contribution is 9.10. The topological polar surface area (TPSA) is 24.9 Å². The third kappa shape index (κ3) is 2.72. The number of hydrogen-bond donors (Lipinski definition) is 1. The molecule has 3 heteroatoms. The Morgan fingerprint density at radius 2 is 2.00 bits per heavy atom. The van der Waals surface area contributed by atoms with Crippen molar-refractivity contribution in [1.82, 2.24) is 4.98 Å². The molecule has 0 bridgehead atoms. The molecule has 3 rings (SSSR count). The first kappa shape index (κ1) is 11.7.